The Bertz CT molecular complexity index is 698. The molecule has 1 aromatic carbocycles. The molecule has 0 spiro atoms. The molecule has 7 heteroatoms. The molecule has 0 fully saturated rings. The Kier molecular flexibility index (Phi) is 4.54. The van der Waals surface area contributed by atoms with E-state index in [1.807, 2.05) is 0 Å². The summed E-state index contributed by atoms with van der Waals surface area (Å²) < 4.78 is 39.3. The molecule has 108 valence electrons. The van der Waals surface area contributed by atoms with Crippen LogP contribution >= 0.6 is 11.3 Å². The maximum Gasteiger partial charge on any atom is 0.252 e. The first-order valence-corrected chi connectivity index (χ1v) is 8.23. The molecule has 4 nitrogen and oxygen atoms in total. The molecule has 0 aliphatic carbocycles. The quantitative estimate of drug-likeness (QED) is 0.920. The molecular weight excluding hydrogens is 299 g/mol. The molecule has 0 saturated carbocycles. The first kappa shape index (κ1) is 15.1. The molecule has 1 heterocycles. The van der Waals surface area contributed by atoms with Crippen LogP contribution in [0.1, 0.15) is 11.1 Å². The van der Waals surface area contributed by atoms with Crippen molar-refractivity contribution in [1.29, 1.82) is 0 Å². The normalized spacial score (nSPS) is 12.0. The lowest BCUT2D eigenvalue weighted by Gasteiger charge is -2.16. The minimum absolute atomic E-state index is 0.121. The Morgan fingerprint density at radius 1 is 1.30 bits per heavy atom. The number of thiophene rings is 1. The minimum Gasteiger partial charge on any atom is -0.326 e. The van der Waals surface area contributed by atoms with Crippen molar-refractivity contribution in [3.05, 3.63) is 52.7 Å². The van der Waals surface area contributed by atoms with Gasteiger partial charge in [0.25, 0.3) is 10.0 Å². The first-order valence-electron chi connectivity index (χ1n) is 5.92. The van der Waals surface area contributed by atoms with Gasteiger partial charge in [0.05, 0.1) is 0 Å². The first-order chi connectivity index (χ1) is 9.43. The predicted octanol–water partition coefficient (Wildman–Crippen LogP) is 2.17. The van der Waals surface area contributed by atoms with Crippen molar-refractivity contribution in [2.45, 2.75) is 17.3 Å². The van der Waals surface area contributed by atoms with Gasteiger partial charge in [-0.05, 0) is 34.7 Å². The van der Waals surface area contributed by atoms with Crippen LogP contribution in [0.3, 0.4) is 0 Å². The molecule has 0 radical (unpaired) electrons. The van der Waals surface area contributed by atoms with Crippen molar-refractivity contribution in [3.8, 4) is 0 Å². The molecule has 0 bridgehead atoms. The van der Waals surface area contributed by atoms with Gasteiger partial charge in [-0.1, -0.05) is 12.1 Å². The van der Waals surface area contributed by atoms with E-state index >= 15 is 0 Å². The second-order valence-corrected chi connectivity index (χ2v) is 7.55. The molecule has 1 aromatic heterocycles. The van der Waals surface area contributed by atoms with E-state index in [0.717, 1.165) is 16.9 Å². The van der Waals surface area contributed by atoms with Crippen LogP contribution in [0, 0.1) is 5.82 Å². The number of hydrogen-bond acceptors (Lipinski definition) is 4. The molecule has 0 unspecified atom stereocenters. The van der Waals surface area contributed by atoms with E-state index in [1.165, 1.54) is 23.5 Å². The molecule has 0 aliphatic heterocycles. The standard InChI is InChI=1S/C13H15FN2O2S2/c1-16(8-10-3-2-4-12(14)5-10)20(17,18)13-6-11(7-15)9-19-13/h2-6,9H,7-8,15H2,1H3. The maximum atomic E-state index is 13.1. The number of sulfonamides is 1. The summed E-state index contributed by atoms with van der Waals surface area (Å²) in [5.74, 6) is -0.380. The lowest BCUT2D eigenvalue weighted by molar-refractivity contribution is 0.467. The van der Waals surface area contributed by atoms with Crippen molar-refractivity contribution in [3.63, 3.8) is 0 Å². The molecular formula is C13H15FN2O2S2. The van der Waals surface area contributed by atoms with Gasteiger partial charge in [0, 0.05) is 20.1 Å². The van der Waals surface area contributed by atoms with Crippen LogP contribution < -0.4 is 5.73 Å². The zero-order valence-electron chi connectivity index (χ0n) is 10.9. The highest BCUT2D eigenvalue weighted by Gasteiger charge is 2.22. The largest absolute Gasteiger partial charge is 0.326 e. The third-order valence-electron chi connectivity index (χ3n) is 2.82. The zero-order chi connectivity index (χ0) is 14.8. The molecule has 2 rings (SSSR count). The summed E-state index contributed by atoms with van der Waals surface area (Å²) >= 11 is 1.14. The number of halogens is 1. The van der Waals surface area contributed by atoms with Crippen LogP contribution in [0.25, 0.3) is 0 Å². The maximum absolute atomic E-state index is 13.1. The van der Waals surface area contributed by atoms with Gasteiger partial charge in [0.15, 0.2) is 0 Å². The van der Waals surface area contributed by atoms with Gasteiger partial charge < -0.3 is 5.73 Å². The molecule has 0 amide bonds. The van der Waals surface area contributed by atoms with Crippen LogP contribution in [0.4, 0.5) is 4.39 Å². The van der Waals surface area contributed by atoms with E-state index in [9.17, 15) is 12.8 Å². The lowest BCUT2D eigenvalue weighted by atomic mass is 10.2. The molecule has 2 N–H and O–H groups in total. The molecule has 0 saturated heterocycles. The Hall–Kier alpha value is -1.28. The highest BCUT2D eigenvalue weighted by Crippen LogP contribution is 2.24. The van der Waals surface area contributed by atoms with Crippen LogP contribution in [0.2, 0.25) is 0 Å². The number of rotatable bonds is 5. The van der Waals surface area contributed by atoms with Crippen molar-refractivity contribution in [2.24, 2.45) is 5.73 Å². The average molecular weight is 314 g/mol. The SMILES string of the molecule is CN(Cc1cccc(F)c1)S(=O)(=O)c1cc(CN)cs1. The smallest absolute Gasteiger partial charge is 0.252 e. The monoisotopic (exact) mass is 314 g/mol. The fraction of sp³-hybridized carbons (Fsp3) is 0.231. The van der Waals surface area contributed by atoms with Crippen LogP contribution in [0.15, 0.2) is 39.9 Å². The van der Waals surface area contributed by atoms with Gasteiger partial charge >= 0.3 is 0 Å². The molecule has 2 aromatic rings. The van der Waals surface area contributed by atoms with E-state index in [-0.39, 0.29) is 16.6 Å². The van der Waals surface area contributed by atoms with Gasteiger partial charge in [-0.25, -0.2) is 12.8 Å². The van der Waals surface area contributed by atoms with Crippen LogP contribution in [-0.2, 0) is 23.1 Å². The van der Waals surface area contributed by atoms with Crippen molar-refractivity contribution < 1.29 is 12.8 Å². The van der Waals surface area contributed by atoms with E-state index in [4.69, 9.17) is 5.73 Å². The average Bonchev–Trinajstić information content (AvgIpc) is 2.88. The van der Waals surface area contributed by atoms with Crippen LogP contribution in [0.5, 0.6) is 0 Å². The minimum atomic E-state index is -3.57. The predicted molar refractivity (Wildman–Crippen MR) is 77.3 cm³/mol. The second-order valence-electron chi connectivity index (χ2n) is 4.37. The fourth-order valence-corrected chi connectivity index (χ4v) is 4.32. The summed E-state index contributed by atoms with van der Waals surface area (Å²) in [7, 11) is -2.09. The molecule has 0 aliphatic rings. The summed E-state index contributed by atoms with van der Waals surface area (Å²) in [6, 6.07) is 7.47. The topological polar surface area (TPSA) is 63.4 Å². The third kappa shape index (κ3) is 3.24. The summed E-state index contributed by atoms with van der Waals surface area (Å²) in [5.41, 5.74) is 6.87. The molecule has 0 atom stereocenters. The Labute approximate surface area is 121 Å². The number of nitrogens with zero attached hydrogens (tertiary/aromatic N) is 1. The second kappa shape index (κ2) is 6.01. The van der Waals surface area contributed by atoms with E-state index < -0.39 is 10.0 Å². The Morgan fingerprint density at radius 3 is 2.65 bits per heavy atom. The summed E-state index contributed by atoms with van der Waals surface area (Å²) in [5, 5.41) is 1.73. The molecule has 20 heavy (non-hydrogen) atoms. The third-order valence-corrected chi connectivity index (χ3v) is 6.09. The Morgan fingerprint density at radius 2 is 2.05 bits per heavy atom. The van der Waals surface area contributed by atoms with Crippen molar-refractivity contribution >= 4 is 21.4 Å². The zero-order valence-corrected chi connectivity index (χ0v) is 12.5. The van der Waals surface area contributed by atoms with Gasteiger partial charge in [-0.2, -0.15) is 4.31 Å². The van der Waals surface area contributed by atoms with Gasteiger partial charge in [-0.15, -0.1) is 11.3 Å². The van der Waals surface area contributed by atoms with Gasteiger partial charge in [0.1, 0.15) is 10.0 Å². The number of benzene rings is 1. The van der Waals surface area contributed by atoms with E-state index in [0.29, 0.717) is 12.1 Å². The van der Waals surface area contributed by atoms with E-state index in [2.05, 4.69) is 0 Å². The number of nitrogens with two attached hydrogens (primary N) is 1. The summed E-state index contributed by atoms with van der Waals surface area (Å²) in [6.45, 7) is 0.426. The lowest BCUT2D eigenvalue weighted by Crippen LogP contribution is -2.25. The summed E-state index contributed by atoms with van der Waals surface area (Å²) in [4.78, 5) is 0. The van der Waals surface area contributed by atoms with Gasteiger partial charge in [0.2, 0.25) is 0 Å². The van der Waals surface area contributed by atoms with Crippen molar-refractivity contribution in [1.82, 2.24) is 4.31 Å². The number of hydrogen-bond donors (Lipinski definition) is 1. The van der Waals surface area contributed by atoms with Crippen molar-refractivity contribution in [2.75, 3.05) is 7.05 Å². The highest BCUT2D eigenvalue weighted by molar-refractivity contribution is 7.91. The fourth-order valence-electron chi connectivity index (χ4n) is 1.73. The highest BCUT2D eigenvalue weighted by atomic mass is 32.2. The van der Waals surface area contributed by atoms with Gasteiger partial charge in [-0.3, -0.25) is 0 Å². The van der Waals surface area contributed by atoms with E-state index in [1.54, 1.807) is 23.6 Å². The Balaban J connectivity index is 2.21. The van der Waals surface area contributed by atoms with Crippen LogP contribution in [-0.4, -0.2) is 19.8 Å². The summed E-state index contributed by atoms with van der Waals surface area (Å²) in [6.07, 6.45) is 0.